The number of nitrogens with zero attached hydrogens (tertiary/aromatic N) is 2. The van der Waals surface area contributed by atoms with E-state index in [9.17, 15) is 8.42 Å². The molecule has 0 fully saturated rings. The summed E-state index contributed by atoms with van der Waals surface area (Å²) in [7, 11) is -3.70. The molecule has 2 aromatic carbocycles. The number of thiazole rings is 1. The van der Waals surface area contributed by atoms with Gasteiger partial charge in [0.25, 0.3) is 10.0 Å². The molecule has 0 N–H and O–H groups in total. The van der Waals surface area contributed by atoms with Crippen molar-refractivity contribution in [3.63, 3.8) is 0 Å². The summed E-state index contributed by atoms with van der Waals surface area (Å²) in [5, 5.41) is 1.84. The lowest BCUT2D eigenvalue weighted by atomic mass is 10.2. The number of aromatic nitrogens is 2. The second-order valence-corrected chi connectivity index (χ2v) is 9.83. The summed E-state index contributed by atoms with van der Waals surface area (Å²) in [6.45, 7) is 6.08. The highest BCUT2D eigenvalue weighted by molar-refractivity contribution is 7.90. The first kappa shape index (κ1) is 18.7. The summed E-state index contributed by atoms with van der Waals surface area (Å²) < 4.78 is 33.8. The summed E-state index contributed by atoms with van der Waals surface area (Å²) in [6, 6.07) is 14.3. The van der Waals surface area contributed by atoms with Gasteiger partial charge >= 0.3 is 0 Å². The SMILES string of the molecule is Cc1ccc(S(=O)(=O)n2c(C)cc3ccc(OCc4cnc(C)s4)cc32)cc1. The molecule has 2 aromatic heterocycles. The fraction of sp³-hybridized carbons (Fsp3) is 0.190. The van der Waals surface area contributed by atoms with Crippen LogP contribution in [0.3, 0.4) is 0 Å². The third-order valence-corrected chi connectivity index (χ3v) is 7.23. The quantitative estimate of drug-likeness (QED) is 0.471. The molecule has 144 valence electrons. The maximum Gasteiger partial charge on any atom is 0.268 e. The zero-order valence-corrected chi connectivity index (χ0v) is 17.5. The van der Waals surface area contributed by atoms with E-state index >= 15 is 0 Å². The Kier molecular flexibility index (Phi) is 4.72. The molecule has 7 heteroatoms. The van der Waals surface area contributed by atoms with Crippen molar-refractivity contribution in [2.24, 2.45) is 0 Å². The number of hydrogen-bond acceptors (Lipinski definition) is 5. The molecule has 0 saturated carbocycles. The van der Waals surface area contributed by atoms with Crippen molar-refractivity contribution in [1.82, 2.24) is 8.96 Å². The van der Waals surface area contributed by atoms with Crippen LogP contribution in [0.5, 0.6) is 5.75 Å². The molecular weight excluding hydrogens is 392 g/mol. The molecule has 2 heterocycles. The van der Waals surface area contributed by atoms with Crippen LogP contribution in [0.2, 0.25) is 0 Å². The van der Waals surface area contributed by atoms with Crippen LogP contribution in [0, 0.1) is 20.8 Å². The van der Waals surface area contributed by atoms with Gasteiger partial charge < -0.3 is 4.74 Å². The Morgan fingerprint density at radius 3 is 2.46 bits per heavy atom. The van der Waals surface area contributed by atoms with E-state index < -0.39 is 10.0 Å². The zero-order chi connectivity index (χ0) is 19.9. The van der Waals surface area contributed by atoms with Crippen LogP contribution >= 0.6 is 11.3 Å². The van der Waals surface area contributed by atoms with Gasteiger partial charge in [0, 0.05) is 23.3 Å². The standard InChI is InChI=1S/C21H20N2O3S2/c1-14-4-8-20(9-5-14)28(24,25)23-15(2)10-17-6-7-18(11-21(17)23)26-13-19-12-22-16(3)27-19/h4-12H,13H2,1-3H3. The first-order valence-electron chi connectivity index (χ1n) is 8.83. The normalized spacial score (nSPS) is 11.8. The Morgan fingerprint density at radius 1 is 1.04 bits per heavy atom. The molecule has 0 aliphatic carbocycles. The monoisotopic (exact) mass is 412 g/mol. The van der Waals surface area contributed by atoms with Gasteiger partial charge in [-0.25, -0.2) is 17.4 Å². The molecule has 0 unspecified atom stereocenters. The second-order valence-electron chi connectivity index (χ2n) is 6.72. The zero-order valence-electron chi connectivity index (χ0n) is 15.8. The van der Waals surface area contributed by atoms with Gasteiger partial charge in [0.1, 0.15) is 12.4 Å². The van der Waals surface area contributed by atoms with Crippen molar-refractivity contribution in [1.29, 1.82) is 0 Å². The molecule has 4 rings (SSSR count). The minimum absolute atomic E-state index is 0.269. The molecule has 4 aromatic rings. The van der Waals surface area contributed by atoms with Crippen molar-refractivity contribution in [2.45, 2.75) is 32.3 Å². The number of rotatable bonds is 5. The largest absolute Gasteiger partial charge is 0.488 e. The van der Waals surface area contributed by atoms with Gasteiger partial charge in [-0.05, 0) is 51.1 Å². The number of ether oxygens (including phenoxy) is 1. The van der Waals surface area contributed by atoms with Crippen LogP contribution in [0.1, 0.15) is 21.1 Å². The highest BCUT2D eigenvalue weighted by atomic mass is 32.2. The molecule has 28 heavy (non-hydrogen) atoms. The molecule has 0 radical (unpaired) electrons. The van der Waals surface area contributed by atoms with Gasteiger partial charge in [-0.3, -0.25) is 0 Å². The van der Waals surface area contributed by atoms with Gasteiger partial charge in [-0.15, -0.1) is 11.3 Å². The maximum atomic E-state index is 13.2. The topological polar surface area (TPSA) is 61.2 Å². The van der Waals surface area contributed by atoms with Crippen molar-refractivity contribution in [2.75, 3.05) is 0 Å². The van der Waals surface area contributed by atoms with Gasteiger partial charge in [0.05, 0.1) is 20.3 Å². The molecule has 0 spiro atoms. The van der Waals surface area contributed by atoms with E-state index in [1.54, 1.807) is 54.8 Å². The summed E-state index contributed by atoms with van der Waals surface area (Å²) in [5.74, 6) is 0.622. The van der Waals surface area contributed by atoms with E-state index in [2.05, 4.69) is 4.98 Å². The average molecular weight is 413 g/mol. The molecular formula is C21H20N2O3S2. The lowest BCUT2D eigenvalue weighted by Gasteiger charge is -2.11. The van der Waals surface area contributed by atoms with Crippen molar-refractivity contribution >= 4 is 32.3 Å². The van der Waals surface area contributed by atoms with E-state index in [0.29, 0.717) is 23.6 Å². The van der Waals surface area contributed by atoms with Crippen LogP contribution in [0.4, 0.5) is 0 Å². The van der Waals surface area contributed by atoms with Crippen LogP contribution in [-0.2, 0) is 16.6 Å². The van der Waals surface area contributed by atoms with Gasteiger partial charge in [-0.1, -0.05) is 17.7 Å². The minimum Gasteiger partial charge on any atom is -0.488 e. The third-order valence-electron chi connectivity index (χ3n) is 4.51. The fourth-order valence-electron chi connectivity index (χ4n) is 3.15. The smallest absolute Gasteiger partial charge is 0.268 e. The van der Waals surface area contributed by atoms with Crippen molar-refractivity contribution < 1.29 is 13.2 Å². The summed E-state index contributed by atoms with van der Waals surface area (Å²) in [5.41, 5.74) is 2.28. The number of fused-ring (bicyclic) bond motifs is 1. The molecule has 0 amide bonds. The average Bonchev–Trinajstić information content (AvgIpc) is 3.22. The Balaban J connectivity index is 1.73. The predicted octanol–water partition coefficient (Wildman–Crippen LogP) is 4.84. The molecule has 0 saturated heterocycles. The van der Waals surface area contributed by atoms with Crippen LogP contribution in [0.15, 0.2) is 59.6 Å². The van der Waals surface area contributed by atoms with E-state index in [1.807, 2.05) is 32.0 Å². The lowest BCUT2D eigenvalue weighted by Crippen LogP contribution is -2.14. The van der Waals surface area contributed by atoms with Gasteiger partial charge in [0.15, 0.2) is 0 Å². The number of benzene rings is 2. The van der Waals surface area contributed by atoms with E-state index in [1.165, 1.54) is 3.97 Å². The summed E-state index contributed by atoms with van der Waals surface area (Å²) in [6.07, 6.45) is 1.80. The Hall–Kier alpha value is -2.64. The van der Waals surface area contributed by atoms with Crippen LogP contribution in [-0.4, -0.2) is 17.4 Å². The van der Waals surface area contributed by atoms with E-state index in [4.69, 9.17) is 4.74 Å². The predicted molar refractivity (Wildman–Crippen MR) is 112 cm³/mol. The molecule has 0 bridgehead atoms. The first-order chi connectivity index (χ1) is 13.3. The summed E-state index contributed by atoms with van der Waals surface area (Å²) >= 11 is 1.58. The number of aryl methyl sites for hydroxylation is 3. The molecule has 0 atom stereocenters. The molecule has 0 aliphatic heterocycles. The maximum absolute atomic E-state index is 13.2. The van der Waals surface area contributed by atoms with Gasteiger partial charge in [-0.2, -0.15) is 0 Å². The van der Waals surface area contributed by atoms with Crippen LogP contribution < -0.4 is 4.74 Å². The summed E-state index contributed by atoms with van der Waals surface area (Å²) in [4.78, 5) is 5.52. The highest BCUT2D eigenvalue weighted by Crippen LogP contribution is 2.29. The molecule has 0 aliphatic rings. The molecule has 5 nitrogen and oxygen atoms in total. The first-order valence-corrected chi connectivity index (χ1v) is 11.1. The Labute approximate surface area is 168 Å². The Morgan fingerprint density at radius 2 is 1.79 bits per heavy atom. The Bertz CT molecular complexity index is 1250. The second kappa shape index (κ2) is 7.07. The van der Waals surface area contributed by atoms with Crippen LogP contribution in [0.25, 0.3) is 10.9 Å². The van der Waals surface area contributed by atoms with Crippen molar-refractivity contribution in [3.8, 4) is 5.75 Å². The van der Waals surface area contributed by atoms with E-state index in [0.717, 1.165) is 20.8 Å². The van der Waals surface area contributed by atoms with Crippen molar-refractivity contribution in [3.05, 3.63) is 75.9 Å². The number of hydrogen-bond donors (Lipinski definition) is 0. The highest BCUT2D eigenvalue weighted by Gasteiger charge is 2.21. The fourth-order valence-corrected chi connectivity index (χ4v) is 5.39. The van der Waals surface area contributed by atoms with E-state index in [-0.39, 0.29) is 4.90 Å². The third kappa shape index (κ3) is 3.43. The minimum atomic E-state index is -3.70. The van der Waals surface area contributed by atoms with Gasteiger partial charge in [0.2, 0.25) is 0 Å². The lowest BCUT2D eigenvalue weighted by molar-refractivity contribution is 0.310.